The van der Waals surface area contributed by atoms with Crippen molar-refractivity contribution in [2.24, 2.45) is 5.92 Å². The lowest BCUT2D eigenvalue weighted by Gasteiger charge is -2.11. The van der Waals surface area contributed by atoms with Crippen molar-refractivity contribution in [2.75, 3.05) is 46.2 Å². The maximum atomic E-state index is 11.7. The number of carbonyl (C=O) groups excluding carboxylic acids is 2. The number of rotatable bonds is 15. The number of hydrogen-bond donors (Lipinski definition) is 0. The maximum Gasteiger partial charge on any atom is 0.309 e. The fourth-order valence-corrected chi connectivity index (χ4v) is 1.66. The lowest BCUT2D eigenvalue weighted by Crippen LogP contribution is -2.23. The third kappa shape index (κ3) is 12.0. The Kier molecular flexibility index (Phi) is 14.1. The molecule has 0 radical (unpaired) electrons. The van der Waals surface area contributed by atoms with E-state index in [-0.39, 0.29) is 25.4 Å². The van der Waals surface area contributed by atoms with Gasteiger partial charge in [0, 0.05) is 20.0 Å². The molecular formula is C17H29NO6. The zero-order chi connectivity index (χ0) is 18.2. The fraction of sp³-hybridized carbons (Fsp3) is 0.824. The van der Waals surface area contributed by atoms with E-state index in [4.69, 9.17) is 25.5 Å². The molecule has 0 aromatic rings. The molecule has 2 unspecified atom stereocenters. The molecule has 7 nitrogen and oxygen atoms in total. The average Bonchev–Trinajstić information content (AvgIpc) is 2.58. The van der Waals surface area contributed by atoms with Crippen LogP contribution in [0, 0.1) is 12.5 Å². The van der Waals surface area contributed by atoms with Gasteiger partial charge in [-0.3, -0.25) is 9.59 Å². The van der Waals surface area contributed by atoms with E-state index in [0.717, 1.165) is 13.0 Å². The van der Waals surface area contributed by atoms with Crippen LogP contribution < -0.4 is 0 Å². The monoisotopic (exact) mass is 343 g/mol. The standard InChI is InChI=1S/C17H29NO6/c1-5-6-21-7-8-22-9-10-23-11-12-24-17(20)14(2)13-16(19)15(3)18-4/h14-15H,5-13H2,1-3H3. The van der Waals surface area contributed by atoms with E-state index in [1.807, 2.05) is 6.92 Å². The molecule has 0 saturated heterocycles. The van der Waals surface area contributed by atoms with Gasteiger partial charge in [0.25, 0.3) is 6.04 Å². The van der Waals surface area contributed by atoms with Crippen molar-refractivity contribution in [3.8, 4) is 0 Å². The highest BCUT2D eigenvalue weighted by molar-refractivity contribution is 5.88. The Bertz CT molecular complexity index is 393. The Balaban J connectivity index is 3.52. The number of nitrogens with zero attached hydrogens (tertiary/aromatic N) is 1. The molecule has 7 heteroatoms. The summed E-state index contributed by atoms with van der Waals surface area (Å²) in [6, 6.07) is -0.712. The van der Waals surface area contributed by atoms with Gasteiger partial charge in [-0.25, -0.2) is 6.57 Å². The first kappa shape index (κ1) is 22.5. The van der Waals surface area contributed by atoms with E-state index in [0.29, 0.717) is 26.4 Å². The Morgan fingerprint density at radius 2 is 1.42 bits per heavy atom. The molecule has 0 aromatic heterocycles. The summed E-state index contributed by atoms with van der Waals surface area (Å²) in [4.78, 5) is 26.4. The highest BCUT2D eigenvalue weighted by atomic mass is 16.6. The fourth-order valence-electron chi connectivity index (χ4n) is 1.66. The molecule has 2 atom stereocenters. The molecule has 0 aromatic carbocycles. The predicted octanol–water partition coefficient (Wildman–Crippen LogP) is 1.89. The summed E-state index contributed by atoms with van der Waals surface area (Å²) in [6.45, 7) is 15.1. The molecule has 0 saturated carbocycles. The number of carbonyl (C=O) groups is 2. The number of hydrogen-bond acceptors (Lipinski definition) is 6. The second-order valence-electron chi connectivity index (χ2n) is 5.38. The summed E-state index contributed by atoms with van der Waals surface area (Å²) in [5.41, 5.74) is 0. The molecule has 0 aliphatic heterocycles. The zero-order valence-electron chi connectivity index (χ0n) is 14.9. The van der Waals surface area contributed by atoms with Crippen molar-refractivity contribution >= 4 is 11.8 Å². The van der Waals surface area contributed by atoms with E-state index in [2.05, 4.69) is 4.85 Å². The van der Waals surface area contributed by atoms with Crippen molar-refractivity contribution in [1.29, 1.82) is 0 Å². The third-order valence-electron chi connectivity index (χ3n) is 3.13. The van der Waals surface area contributed by atoms with E-state index < -0.39 is 17.9 Å². The normalized spacial score (nSPS) is 13.1. The molecule has 138 valence electrons. The summed E-state index contributed by atoms with van der Waals surface area (Å²) in [7, 11) is 0. The number of ketones is 1. The molecule has 0 spiro atoms. The van der Waals surface area contributed by atoms with E-state index in [1.54, 1.807) is 6.92 Å². The first-order valence-electron chi connectivity index (χ1n) is 8.32. The van der Waals surface area contributed by atoms with Crippen LogP contribution in [-0.4, -0.2) is 64.0 Å². The SMILES string of the molecule is [C-]#[N+]C(C)C(=O)CC(C)C(=O)OCCOCCOCCOCCC. The van der Waals surface area contributed by atoms with Gasteiger partial charge in [-0.2, -0.15) is 0 Å². The Morgan fingerprint density at radius 1 is 0.917 bits per heavy atom. The van der Waals surface area contributed by atoms with Crippen LogP contribution in [-0.2, 0) is 28.5 Å². The van der Waals surface area contributed by atoms with Gasteiger partial charge in [0.05, 0.1) is 39.0 Å². The molecule has 0 bridgehead atoms. The summed E-state index contributed by atoms with van der Waals surface area (Å²) >= 11 is 0. The minimum absolute atomic E-state index is 0.0250. The van der Waals surface area contributed by atoms with Gasteiger partial charge in [-0.05, 0) is 6.42 Å². The number of ether oxygens (including phenoxy) is 4. The molecule has 0 N–H and O–H groups in total. The lowest BCUT2D eigenvalue weighted by molar-refractivity contribution is -0.151. The average molecular weight is 343 g/mol. The maximum absolute atomic E-state index is 11.7. The van der Waals surface area contributed by atoms with Crippen molar-refractivity contribution in [1.82, 2.24) is 0 Å². The second kappa shape index (κ2) is 15.1. The minimum Gasteiger partial charge on any atom is -0.463 e. The van der Waals surface area contributed by atoms with Crippen LogP contribution in [0.2, 0.25) is 0 Å². The van der Waals surface area contributed by atoms with Gasteiger partial charge in [0.15, 0.2) is 0 Å². The number of Topliss-reactive ketones (excluding diaryl/α,β-unsaturated/α-hetero) is 1. The lowest BCUT2D eigenvalue weighted by atomic mass is 10.0. The van der Waals surface area contributed by atoms with Crippen LogP contribution in [0.4, 0.5) is 0 Å². The van der Waals surface area contributed by atoms with Crippen molar-refractivity contribution in [3.63, 3.8) is 0 Å². The highest BCUT2D eigenvalue weighted by Crippen LogP contribution is 2.08. The van der Waals surface area contributed by atoms with Crippen molar-refractivity contribution in [2.45, 2.75) is 39.7 Å². The molecule has 0 aliphatic carbocycles. The van der Waals surface area contributed by atoms with Crippen LogP contribution in [0.15, 0.2) is 0 Å². The summed E-state index contributed by atoms with van der Waals surface area (Å²) in [5.74, 6) is -1.24. The third-order valence-corrected chi connectivity index (χ3v) is 3.13. The van der Waals surface area contributed by atoms with Crippen LogP contribution in [0.25, 0.3) is 4.85 Å². The largest absolute Gasteiger partial charge is 0.463 e. The molecule has 0 amide bonds. The molecule has 0 heterocycles. The minimum atomic E-state index is -0.712. The Labute approximate surface area is 144 Å². The second-order valence-corrected chi connectivity index (χ2v) is 5.38. The van der Waals surface area contributed by atoms with Crippen LogP contribution >= 0.6 is 0 Å². The smallest absolute Gasteiger partial charge is 0.309 e. The number of esters is 1. The van der Waals surface area contributed by atoms with E-state index in [1.165, 1.54) is 6.92 Å². The topological polar surface area (TPSA) is 75.4 Å². The quantitative estimate of drug-likeness (QED) is 0.257. The van der Waals surface area contributed by atoms with Crippen molar-refractivity contribution in [3.05, 3.63) is 11.4 Å². The predicted molar refractivity (Wildman–Crippen MR) is 88.6 cm³/mol. The van der Waals surface area contributed by atoms with E-state index in [9.17, 15) is 9.59 Å². The summed E-state index contributed by atoms with van der Waals surface area (Å²) < 4.78 is 20.9. The van der Waals surface area contributed by atoms with Gasteiger partial charge in [0.1, 0.15) is 6.61 Å². The summed E-state index contributed by atoms with van der Waals surface area (Å²) in [5, 5.41) is 0. The van der Waals surface area contributed by atoms with Gasteiger partial charge in [-0.15, -0.1) is 0 Å². The van der Waals surface area contributed by atoms with Crippen LogP contribution in [0.1, 0.15) is 33.6 Å². The Hall–Kier alpha value is -1.49. The Morgan fingerprint density at radius 3 is 1.92 bits per heavy atom. The van der Waals surface area contributed by atoms with Gasteiger partial charge >= 0.3 is 5.97 Å². The van der Waals surface area contributed by atoms with Gasteiger partial charge in [-0.1, -0.05) is 13.8 Å². The molecular weight excluding hydrogens is 314 g/mol. The molecule has 24 heavy (non-hydrogen) atoms. The van der Waals surface area contributed by atoms with Crippen LogP contribution in [0.3, 0.4) is 0 Å². The summed E-state index contributed by atoms with van der Waals surface area (Å²) in [6.07, 6.45) is 1.02. The molecule has 0 aliphatic rings. The molecule has 0 fully saturated rings. The van der Waals surface area contributed by atoms with Gasteiger partial charge < -0.3 is 23.8 Å². The van der Waals surface area contributed by atoms with Crippen molar-refractivity contribution < 1.29 is 28.5 Å². The highest BCUT2D eigenvalue weighted by Gasteiger charge is 2.24. The van der Waals surface area contributed by atoms with E-state index >= 15 is 0 Å². The first-order valence-corrected chi connectivity index (χ1v) is 8.32. The van der Waals surface area contributed by atoms with Gasteiger partial charge in [0.2, 0.25) is 5.78 Å². The van der Waals surface area contributed by atoms with Crippen LogP contribution in [0.5, 0.6) is 0 Å². The first-order chi connectivity index (χ1) is 11.5. The zero-order valence-corrected chi connectivity index (χ0v) is 14.9. The molecule has 0 rings (SSSR count).